The molecule has 0 bridgehead atoms. The highest BCUT2D eigenvalue weighted by Gasteiger charge is 2.29. The molecule has 2 aromatic heterocycles. The molecule has 2 aromatic carbocycles. The van der Waals surface area contributed by atoms with Gasteiger partial charge in [-0.25, -0.2) is 9.37 Å². The fraction of sp³-hybridized carbons (Fsp3) is 0.107. The van der Waals surface area contributed by atoms with E-state index in [9.17, 15) is 14.0 Å². The zero-order valence-corrected chi connectivity index (χ0v) is 20.1. The Hall–Kier alpha value is -5.12. The molecule has 5 N–H and O–H groups in total. The van der Waals surface area contributed by atoms with Crippen LogP contribution in [0.25, 0.3) is 11.1 Å². The molecule has 190 valence electrons. The Morgan fingerprint density at radius 1 is 0.947 bits per heavy atom. The molecule has 38 heavy (non-hydrogen) atoms. The molecule has 0 unspecified atom stereocenters. The number of anilines is 3. The number of benzene rings is 2. The minimum absolute atomic E-state index is 0.0262. The normalized spacial score (nSPS) is 12.4. The van der Waals surface area contributed by atoms with E-state index in [0.29, 0.717) is 22.5 Å². The first-order chi connectivity index (χ1) is 18.4. The Bertz CT molecular complexity index is 1540. The summed E-state index contributed by atoms with van der Waals surface area (Å²) in [5.41, 5.74) is 8.50. The van der Waals surface area contributed by atoms with Gasteiger partial charge in [-0.3, -0.25) is 20.0 Å². The lowest BCUT2D eigenvalue weighted by molar-refractivity contribution is -0.117. The van der Waals surface area contributed by atoms with E-state index in [2.05, 4.69) is 20.6 Å². The number of pyridine rings is 2. The topological polar surface area (TPSA) is 143 Å². The predicted octanol–water partition coefficient (Wildman–Crippen LogP) is 5.01. The number of carbonyl (C=O) groups excluding carboxylic acids is 2. The van der Waals surface area contributed by atoms with E-state index in [-0.39, 0.29) is 40.4 Å². The molecular weight excluding hydrogens is 487 g/mol. The van der Waals surface area contributed by atoms with Crippen LogP contribution in [0.1, 0.15) is 18.4 Å². The minimum Gasteiger partial charge on any atom is -0.436 e. The molecule has 4 aromatic rings. The van der Waals surface area contributed by atoms with E-state index in [1.807, 2.05) is 0 Å². The molecule has 0 spiro atoms. The molecule has 10 heteroatoms. The van der Waals surface area contributed by atoms with Gasteiger partial charge in [-0.1, -0.05) is 18.2 Å². The standard InChI is InChI=1S/C28H23FN6O3/c29-22-3-1-2-4-24(22)38-25-10-8-19(15-33-25)34-28(37)26(31)21-12-17(7-9-23(21)30)18-11-20(14-32-13-18)35-27(36)16-5-6-16/h1-4,7-16,31H,5-6,30H2,(H,34,37)(H,35,36). The lowest BCUT2D eigenvalue weighted by Gasteiger charge is -2.12. The smallest absolute Gasteiger partial charge is 0.274 e. The number of amides is 2. The Kier molecular flexibility index (Phi) is 6.77. The van der Waals surface area contributed by atoms with Crippen LogP contribution < -0.4 is 21.1 Å². The van der Waals surface area contributed by atoms with Crippen molar-refractivity contribution in [3.8, 4) is 22.8 Å². The molecule has 1 fully saturated rings. The lowest BCUT2D eigenvalue weighted by atomic mass is 10.00. The number of ether oxygens (including phenoxy) is 1. The number of rotatable bonds is 8. The van der Waals surface area contributed by atoms with Crippen molar-refractivity contribution in [1.29, 1.82) is 5.41 Å². The highest BCUT2D eigenvalue weighted by atomic mass is 19.1. The molecule has 0 atom stereocenters. The van der Waals surface area contributed by atoms with Gasteiger partial charge in [0.25, 0.3) is 5.91 Å². The molecule has 1 aliphatic carbocycles. The van der Waals surface area contributed by atoms with Crippen LogP contribution in [-0.2, 0) is 9.59 Å². The van der Waals surface area contributed by atoms with Crippen molar-refractivity contribution in [3.05, 3.63) is 90.6 Å². The largest absolute Gasteiger partial charge is 0.436 e. The molecular formula is C28H23FN6O3. The van der Waals surface area contributed by atoms with Gasteiger partial charge in [-0.2, -0.15) is 0 Å². The Labute approximate surface area is 217 Å². The monoisotopic (exact) mass is 510 g/mol. The van der Waals surface area contributed by atoms with Crippen molar-refractivity contribution in [2.24, 2.45) is 5.92 Å². The van der Waals surface area contributed by atoms with E-state index in [1.165, 1.54) is 30.5 Å². The maximum atomic E-state index is 13.8. The summed E-state index contributed by atoms with van der Waals surface area (Å²) in [6, 6.07) is 15.7. The molecule has 0 radical (unpaired) electrons. The molecule has 0 saturated heterocycles. The van der Waals surface area contributed by atoms with Gasteiger partial charge in [0.05, 0.1) is 23.8 Å². The number of nitrogen functional groups attached to an aromatic ring is 1. The van der Waals surface area contributed by atoms with Crippen molar-refractivity contribution in [2.45, 2.75) is 12.8 Å². The molecule has 0 aliphatic heterocycles. The third-order valence-electron chi connectivity index (χ3n) is 5.88. The summed E-state index contributed by atoms with van der Waals surface area (Å²) < 4.78 is 19.2. The number of nitrogens with two attached hydrogens (primary N) is 1. The zero-order valence-electron chi connectivity index (χ0n) is 20.1. The summed E-state index contributed by atoms with van der Waals surface area (Å²) in [7, 11) is 0. The van der Waals surface area contributed by atoms with Gasteiger partial charge in [-0.05, 0) is 54.8 Å². The highest BCUT2D eigenvalue weighted by Crippen LogP contribution is 2.31. The van der Waals surface area contributed by atoms with E-state index in [0.717, 1.165) is 12.8 Å². The average Bonchev–Trinajstić information content (AvgIpc) is 3.77. The number of carbonyl (C=O) groups is 2. The predicted molar refractivity (Wildman–Crippen MR) is 142 cm³/mol. The summed E-state index contributed by atoms with van der Waals surface area (Å²) in [5.74, 6) is -1.01. The summed E-state index contributed by atoms with van der Waals surface area (Å²) in [6.45, 7) is 0. The van der Waals surface area contributed by atoms with Crippen molar-refractivity contribution in [3.63, 3.8) is 0 Å². The van der Waals surface area contributed by atoms with E-state index < -0.39 is 11.7 Å². The molecule has 5 rings (SSSR count). The van der Waals surface area contributed by atoms with E-state index in [1.54, 1.807) is 48.8 Å². The first-order valence-electron chi connectivity index (χ1n) is 11.8. The number of halogens is 1. The van der Waals surface area contributed by atoms with Gasteiger partial charge >= 0.3 is 0 Å². The maximum Gasteiger partial charge on any atom is 0.274 e. The van der Waals surface area contributed by atoms with E-state index in [4.69, 9.17) is 15.9 Å². The van der Waals surface area contributed by atoms with Crippen molar-refractivity contribution in [1.82, 2.24) is 9.97 Å². The second-order valence-electron chi connectivity index (χ2n) is 8.77. The molecule has 2 amide bonds. The zero-order chi connectivity index (χ0) is 26.6. The Balaban J connectivity index is 1.28. The van der Waals surface area contributed by atoms with Gasteiger partial charge in [0.1, 0.15) is 5.71 Å². The molecule has 2 heterocycles. The molecule has 1 aliphatic rings. The van der Waals surface area contributed by atoms with Gasteiger partial charge in [0, 0.05) is 35.0 Å². The second-order valence-corrected chi connectivity index (χ2v) is 8.77. The van der Waals surface area contributed by atoms with Crippen LogP contribution in [0.3, 0.4) is 0 Å². The summed E-state index contributed by atoms with van der Waals surface area (Å²) in [6.07, 6.45) is 6.33. The maximum absolute atomic E-state index is 13.8. The SMILES string of the molecule is N=C(C(=O)Nc1ccc(Oc2ccccc2F)nc1)c1cc(-c2cncc(NC(=O)C3CC3)c2)ccc1N. The van der Waals surface area contributed by atoms with Gasteiger partial charge in [-0.15, -0.1) is 0 Å². The first kappa shape index (κ1) is 24.6. The van der Waals surface area contributed by atoms with Crippen LogP contribution in [0.2, 0.25) is 0 Å². The number of nitrogens with one attached hydrogen (secondary N) is 3. The van der Waals surface area contributed by atoms with Crippen LogP contribution in [0.4, 0.5) is 21.5 Å². The molecule has 9 nitrogen and oxygen atoms in total. The van der Waals surface area contributed by atoms with Gasteiger partial charge in [0.2, 0.25) is 11.8 Å². The fourth-order valence-electron chi connectivity index (χ4n) is 3.68. The third kappa shape index (κ3) is 5.65. The first-order valence-corrected chi connectivity index (χ1v) is 11.8. The highest BCUT2D eigenvalue weighted by molar-refractivity contribution is 6.48. The fourth-order valence-corrected chi connectivity index (χ4v) is 3.68. The summed E-state index contributed by atoms with van der Waals surface area (Å²) in [4.78, 5) is 33.2. The van der Waals surface area contributed by atoms with Gasteiger partial charge < -0.3 is 21.1 Å². The third-order valence-corrected chi connectivity index (χ3v) is 5.88. The van der Waals surface area contributed by atoms with Crippen LogP contribution in [0.15, 0.2) is 79.3 Å². The average molecular weight is 511 g/mol. The minimum atomic E-state index is -0.693. The Morgan fingerprint density at radius 3 is 2.50 bits per heavy atom. The van der Waals surface area contributed by atoms with Gasteiger partial charge in [0.15, 0.2) is 11.6 Å². The van der Waals surface area contributed by atoms with E-state index >= 15 is 0 Å². The number of aromatic nitrogens is 2. The Morgan fingerprint density at radius 2 is 1.76 bits per heavy atom. The second kappa shape index (κ2) is 10.5. The van der Waals surface area contributed by atoms with Crippen LogP contribution >= 0.6 is 0 Å². The van der Waals surface area contributed by atoms with Crippen molar-refractivity contribution < 1.29 is 18.7 Å². The quantitative estimate of drug-likeness (QED) is 0.194. The number of hydrogen-bond acceptors (Lipinski definition) is 7. The summed E-state index contributed by atoms with van der Waals surface area (Å²) in [5, 5.41) is 13.9. The van der Waals surface area contributed by atoms with Crippen molar-refractivity contribution >= 4 is 34.6 Å². The summed E-state index contributed by atoms with van der Waals surface area (Å²) >= 11 is 0. The number of hydrogen-bond donors (Lipinski definition) is 4. The lowest BCUT2D eigenvalue weighted by Crippen LogP contribution is -2.24. The van der Waals surface area contributed by atoms with Crippen LogP contribution in [-0.4, -0.2) is 27.5 Å². The molecule has 1 saturated carbocycles. The number of para-hydroxylation sites is 1. The van der Waals surface area contributed by atoms with Crippen molar-refractivity contribution in [2.75, 3.05) is 16.4 Å². The van der Waals surface area contributed by atoms with Crippen LogP contribution in [0.5, 0.6) is 11.6 Å². The van der Waals surface area contributed by atoms with Crippen LogP contribution in [0, 0.1) is 17.1 Å². The number of nitrogens with zero attached hydrogens (tertiary/aromatic N) is 2.